The summed E-state index contributed by atoms with van der Waals surface area (Å²) in [6.07, 6.45) is 1.35. The molecule has 1 atom stereocenters. The van der Waals surface area contributed by atoms with Crippen LogP contribution in [0.25, 0.3) is 0 Å². The number of hydrogen-bond donors (Lipinski definition) is 0. The average Bonchev–Trinajstić information content (AvgIpc) is 2.53. The summed E-state index contributed by atoms with van der Waals surface area (Å²) in [4.78, 5) is 1.36. The lowest BCUT2D eigenvalue weighted by Gasteiger charge is -2.13. The molecular formula is C11H15NS. The molecule has 0 aliphatic carbocycles. The number of rotatable bonds is 2. The molecule has 13 heavy (non-hydrogen) atoms. The van der Waals surface area contributed by atoms with Crippen molar-refractivity contribution >= 4 is 11.9 Å². The second-order valence-corrected chi connectivity index (χ2v) is 4.86. The third kappa shape index (κ3) is 2.48. The first-order chi connectivity index (χ1) is 6.34. The summed E-state index contributed by atoms with van der Waals surface area (Å²) in [6, 6.07) is 10.6. The zero-order valence-corrected chi connectivity index (χ0v) is 8.76. The topological polar surface area (TPSA) is 3.24 Å². The van der Waals surface area contributed by atoms with Gasteiger partial charge in [0, 0.05) is 18.0 Å². The first-order valence-corrected chi connectivity index (χ1v) is 5.60. The third-order valence-electron chi connectivity index (χ3n) is 2.36. The van der Waals surface area contributed by atoms with Gasteiger partial charge in [-0.1, -0.05) is 25.1 Å². The Hall–Kier alpha value is -0.470. The lowest BCUT2D eigenvalue weighted by molar-refractivity contribution is 0.549. The van der Waals surface area contributed by atoms with Crippen molar-refractivity contribution in [3.8, 4) is 0 Å². The van der Waals surface area contributed by atoms with Crippen LogP contribution in [0, 0.1) is 5.92 Å². The Balaban J connectivity index is 1.92. The van der Waals surface area contributed by atoms with Crippen LogP contribution in [0.3, 0.4) is 0 Å². The van der Waals surface area contributed by atoms with Crippen molar-refractivity contribution in [1.82, 2.24) is 4.31 Å². The molecule has 1 nitrogen and oxygen atoms in total. The predicted molar refractivity (Wildman–Crippen MR) is 57.7 cm³/mol. The molecule has 1 heterocycles. The lowest BCUT2D eigenvalue weighted by atomic mass is 10.2. The highest BCUT2D eigenvalue weighted by molar-refractivity contribution is 7.97. The number of nitrogens with zero attached hydrogens (tertiary/aromatic N) is 1. The molecule has 0 radical (unpaired) electrons. The normalized spacial score (nSPS) is 23.6. The minimum atomic E-state index is 0.871. The molecule has 0 amide bonds. The molecule has 2 rings (SSSR count). The maximum atomic E-state index is 2.46. The van der Waals surface area contributed by atoms with Crippen LogP contribution in [0.15, 0.2) is 35.2 Å². The van der Waals surface area contributed by atoms with Crippen molar-refractivity contribution in [2.24, 2.45) is 5.92 Å². The molecule has 1 saturated heterocycles. The highest BCUT2D eigenvalue weighted by Crippen LogP contribution is 2.28. The van der Waals surface area contributed by atoms with Crippen LogP contribution in [0.5, 0.6) is 0 Å². The summed E-state index contributed by atoms with van der Waals surface area (Å²) < 4.78 is 2.46. The van der Waals surface area contributed by atoms with Gasteiger partial charge in [0.05, 0.1) is 0 Å². The van der Waals surface area contributed by atoms with E-state index >= 15 is 0 Å². The molecule has 1 aromatic rings. The van der Waals surface area contributed by atoms with Crippen LogP contribution in [-0.2, 0) is 0 Å². The van der Waals surface area contributed by atoms with Gasteiger partial charge in [0.25, 0.3) is 0 Å². The van der Waals surface area contributed by atoms with Gasteiger partial charge in [-0.2, -0.15) is 0 Å². The van der Waals surface area contributed by atoms with E-state index in [-0.39, 0.29) is 0 Å². The molecule has 1 unspecified atom stereocenters. The second-order valence-electron chi connectivity index (χ2n) is 3.69. The Bertz CT molecular complexity index is 260. The van der Waals surface area contributed by atoms with Crippen LogP contribution in [0.4, 0.5) is 0 Å². The SMILES string of the molecule is CC1CCN(Sc2ccccc2)C1. The fraction of sp³-hybridized carbons (Fsp3) is 0.455. The summed E-state index contributed by atoms with van der Waals surface area (Å²) in [5.74, 6) is 0.871. The summed E-state index contributed by atoms with van der Waals surface area (Å²) in [7, 11) is 0. The zero-order chi connectivity index (χ0) is 9.10. The van der Waals surface area contributed by atoms with Crippen molar-refractivity contribution < 1.29 is 0 Å². The maximum absolute atomic E-state index is 2.46. The van der Waals surface area contributed by atoms with Gasteiger partial charge in [-0.05, 0) is 36.4 Å². The Labute approximate surface area is 84.3 Å². The summed E-state index contributed by atoms with van der Waals surface area (Å²) in [5, 5.41) is 0. The van der Waals surface area contributed by atoms with Crippen LogP contribution in [0.2, 0.25) is 0 Å². The van der Waals surface area contributed by atoms with Gasteiger partial charge in [-0.15, -0.1) is 0 Å². The van der Waals surface area contributed by atoms with Crippen molar-refractivity contribution in [2.75, 3.05) is 13.1 Å². The lowest BCUT2D eigenvalue weighted by Crippen LogP contribution is -2.10. The fourth-order valence-electron chi connectivity index (χ4n) is 1.61. The van der Waals surface area contributed by atoms with Gasteiger partial charge in [-0.3, -0.25) is 0 Å². The molecule has 1 aliphatic rings. The molecule has 2 heteroatoms. The zero-order valence-electron chi connectivity index (χ0n) is 7.94. The molecule has 0 aromatic heterocycles. The Kier molecular flexibility index (Phi) is 2.91. The Morgan fingerprint density at radius 3 is 2.69 bits per heavy atom. The van der Waals surface area contributed by atoms with Crippen molar-refractivity contribution in [1.29, 1.82) is 0 Å². The highest BCUT2D eigenvalue weighted by Gasteiger charge is 2.18. The van der Waals surface area contributed by atoms with E-state index in [4.69, 9.17) is 0 Å². The van der Waals surface area contributed by atoms with E-state index in [1.54, 1.807) is 0 Å². The predicted octanol–water partition coefficient (Wildman–Crippen LogP) is 3.04. The smallest absolute Gasteiger partial charge is 0.0230 e. The van der Waals surface area contributed by atoms with Crippen LogP contribution in [0.1, 0.15) is 13.3 Å². The van der Waals surface area contributed by atoms with Crippen LogP contribution >= 0.6 is 11.9 Å². The molecular weight excluding hydrogens is 178 g/mol. The standard InChI is InChI=1S/C11H15NS/c1-10-7-8-12(9-10)13-11-5-3-2-4-6-11/h2-6,10H,7-9H2,1H3. The minimum absolute atomic E-state index is 0.871. The van der Waals surface area contributed by atoms with E-state index in [9.17, 15) is 0 Å². The Morgan fingerprint density at radius 2 is 2.08 bits per heavy atom. The summed E-state index contributed by atoms with van der Waals surface area (Å²) >= 11 is 1.89. The summed E-state index contributed by atoms with van der Waals surface area (Å²) in [6.45, 7) is 4.80. The molecule has 1 fully saturated rings. The molecule has 1 aliphatic heterocycles. The van der Waals surface area contributed by atoms with Gasteiger partial charge in [-0.25, -0.2) is 4.31 Å². The first kappa shape index (κ1) is 9.10. The van der Waals surface area contributed by atoms with E-state index in [0.717, 1.165) is 5.92 Å². The van der Waals surface area contributed by atoms with Gasteiger partial charge in [0.2, 0.25) is 0 Å². The quantitative estimate of drug-likeness (QED) is 0.664. The van der Waals surface area contributed by atoms with E-state index in [1.807, 2.05) is 11.9 Å². The maximum Gasteiger partial charge on any atom is 0.0230 e. The van der Waals surface area contributed by atoms with Crippen molar-refractivity contribution in [3.63, 3.8) is 0 Å². The molecule has 0 spiro atoms. The highest BCUT2D eigenvalue weighted by atomic mass is 32.2. The molecule has 0 saturated carbocycles. The van der Waals surface area contributed by atoms with Crippen molar-refractivity contribution in [3.05, 3.63) is 30.3 Å². The van der Waals surface area contributed by atoms with E-state index < -0.39 is 0 Å². The number of benzene rings is 1. The first-order valence-electron chi connectivity index (χ1n) is 4.82. The van der Waals surface area contributed by atoms with Gasteiger partial charge < -0.3 is 0 Å². The fourth-order valence-corrected chi connectivity index (χ4v) is 2.71. The second kappa shape index (κ2) is 4.16. The molecule has 1 aromatic carbocycles. The minimum Gasteiger partial charge on any atom is -0.246 e. The van der Waals surface area contributed by atoms with E-state index in [0.29, 0.717) is 0 Å². The number of hydrogen-bond acceptors (Lipinski definition) is 2. The van der Waals surface area contributed by atoms with Gasteiger partial charge in [0.15, 0.2) is 0 Å². The average molecular weight is 193 g/mol. The van der Waals surface area contributed by atoms with Crippen LogP contribution < -0.4 is 0 Å². The third-order valence-corrected chi connectivity index (χ3v) is 3.44. The van der Waals surface area contributed by atoms with Gasteiger partial charge in [0.1, 0.15) is 0 Å². The van der Waals surface area contributed by atoms with Crippen LogP contribution in [-0.4, -0.2) is 17.4 Å². The summed E-state index contributed by atoms with van der Waals surface area (Å²) in [5.41, 5.74) is 0. The monoisotopic (exact) mass is 193 g/mol. The van der Waals surface area contributed by atoms with Gasteiger partial charge >= 0.3 is 0 Å². The van der Waals surface area contributed by atoms with E-state index in [1.165, 1.54) is 24.4 Å². The van der Waals surface area contributed by atoms with E-state index in [2.05, 4.69) is 41.6 Å². The largest absolute Gasteiger partial charge is 0.246 e. The van der Waals surface area contributed by atoms with Crippen molar-refractivity contribution in [2.45, 2.75) is 18.2 Å². The molecule has 0 bridgehead atoms. The Morgan fingerprint density at radius 1 is 1.31 bits per heavy atom. The molecule has 0 N–H and O–H groups in total. The molecule has 70 valence electrons.